The second-order valence-corrected chi connectivity index (χ2v) is 14.9. The molecule has 1 aliphatic carbocycles. The van der Waals surface area contributed by atoms with Crippen molar-refractivity contribution in [2.24, 2.45) is 5.41 Å². The summed E-state index contributed by atoms with van der Waals surface area (Å²) in [6, 6.07) is 14.2. The molecule has 3 aromatic rings. The summed E-state index contributed by atoms with van der Waals surface area (Å²) < 4.78 is 12.8. The number of rotatable bonds is 7. The molecule has 2 aliphatic rings. The Morgan fingerprint density at radius 2 is 1.77 bits per heavy atom. The van der Waals surface area contributed by atoms with E-state index in [2.05, 4.69) is 43.9 Å². The van der Waals surface area contributed by atoms with Crippen LogP contribution in [-0.2, 0) is 4.57 Å². The maximum Gasteiger partial charge on any atom is 0.229 e. The van der Waals surface area contributed by atoms with Crippen LogP contribution in [0.15, 0.2) is 48.7 Å². The largest absolute Gasteiger partial charge is 0.397 e. The lowest BCUT2D eigenvalue weighted by Gasteiger charge is -2.46. The molecule has 0 unspecified atom stereocenters. The first-order valence-corrected chi connectivity index (χ1v) is 16.7. The Kier molecular flexibility index (Phi) is 8.08. The number of nitrogen functional groups attached to an aromatic ring is 1. The van der Waals surface area contributed by atoms with Gasteiger partial charge in [-0.2, -0.15) is 4.98 Å². The number of piperidine rings is 1. The van der Waals surface area contributed by atoms with E-state index in [1.807, 2.05) is 36.4 Å². The van der Waals surface area contributed by atoms with Crippen molar-refractivity contribution in [3.05, 3.63) is 53.7 Å². The second kappa shape index (κ2) is 11.4. The van der Waals surface area contributed by atoms with Crippen LogP contribution in [0.25, 0.3) is 0 Å². The van der Waals surface area contributed by atoms with Crippen molar-refractivity contribution >= 4 is 58.6 Å². The van der Waals surface area contributed by atoms with E-state index in [4.69, 9.17) is 17.3 Å². The highest BCUT2D eigenvalue weighted by atomic mass is 35.5. The first-order valence-electron chi connectivity index (χ1n) is 13.7. The lowest BCUT2D eigenvalue weighted by atomic mass is 9.67. The number of nitrogens with two attached hydrogens (primary N) is 1. The van der Waals surface area contributed by atoms with E-state index in [0.717, 1.165) is 35.5 Å². The van der Waals surface area contributed by atoms with E-state index >= 15 is 0 Å². The molecule has 0 radical (unpaired) electrons. The number of hydrogen-bond acceptors (Lipinski definition) is 8. The minimum absolute atomic E-state index is 0.370. The molecule has 1 saturated heterocycles. The molecule has 2 heterocycles. The summed E-state index contributed by atoms with van der Waals surface area (Å²) in [5, 5.41) is 11.1. The lowest BCUT2D eigenvalue weighted by Crippen LogP contribution is -2.44. The summed E-state index contributed by atoms with van der Waals surface area (Å²) in [7, 11) is -0.413. The molecule has 2 aromatic carbocycles. The zero-order valence-electron chi connectivity index (χ0n) is 23.0. The highest BCUT2D eigenvalue weighted by Crippen LogP contribution is 2.46. The van der Waals surface area contributed by atoms with Crippen LogP contribution in [0.2, 0.25) is 5.02 Å². The average Bonchev–Trinajstić information content (AvgIpc) is 2.92. The van der Waals surface area contributed by atoms with Crippen LogP contribution < -0.4 is 31.9 Å². The normalized spacial score (nSPS) is 17.8. The number of nitrogens with one attached hydrogen (secondary N) is 3. The van der Waals surface area contributed by atoms with Crippen molar-refractivity contribution in [3.8, 4) is 0 Å². The zero-order valence-corrected chi connectivity index (χ0v) is 24.7. The summed E-state index contributed by atoms with van der Waals surface area (Å²) in [4.78, 5) is 11.3. The number of benzene rings is 2. The van der Waals surface area contributed by atoms with E-state index < -0.39 is 7.14 Å². The van der Waals surface area contributed by atoms with Gasteiger partial charge in [0.15, 0.2) is 5.82 Å². The SMILES string of the molecule is CNC1CCC2(CC1)CCN(c1ccc(Nc3ncc(Cl)c(Nc4ccccc4P(C)(C)=O)n3)cc1N)CC2. The van der Waals surface area contributed by atoms with Crippen molar-refractivity contribution in [2.45, 2.75) is 44.6 Å². The van der Waals surface area contributed by atoms with Gasteiger partial charge in [-0.3, -0.25) is 0 Å². The molecule has 39 heavy (non-hydrogen) atoms. The third kappa shape index (κ3) is 6.34. The third-order valence-corrected chi connectivity index (χ3v) is 10.2. The van der Waals surface area contributed by atoms with E-state index in [1.165, 1.54) is 38.5 Å². The standard InChI is InChI=1S/C29H39ClN7OP/c1-32-20-10-12-29(13-11-20)14-16-37(17-15-29)25-9-8-21(18-23(25)31)34-28-33-19-22(30)27(36-28)35-24-6-4-5-7-26(24)39(2,3)38/h4-9,18-20,32H,10-17,31H2,1-3H3,(H2,33,34,35,36). The summed E-state index contributed by atoms with van der Waals surface area (Å²) >= 11 is 6.40. The predicted octanol–water partition coefficient (Wildman–Crippen LogP) is 6.20. The van der Waals surface area contributed by atoms with E-state index in [-0.39, 0.29) is 0 Å². The zero-order chi connectivity index (χ0) is 27.6. The van der Waals surface area contributed by atoms with Gasteiger partial charge in [-0.05, 0) is 94.6 Å². The molecule has 5 N–H and O–H groups in total. The van der Waals surface area contributed by atoms with Crippen LogP contribution in [0.5, 0.6) is 0 Å². The van der Waals surface area contributed by atoms with Crippen LogP contribution in [0.3, 0.4) is 0 Å². The monoisotopic (exact) mass is 567 g/mol. The quantitative estimate of drug-likeness (QED) is 0.197. The number of para-hydroxylation sites is 1. The number of nitrogens with zero attached hydrogens (tertiary/aromatic N) is 3. The minimum atomic E-state index is -2.50. The summed E-state index contributed by atoms with van der Waals surface area (Å²) in [5.41, 5.74) is 10.4. The third-order valence-electron chi connectivity index (χ3n) is 8.38. The molecule has 1 spiro atoms. The van der Waals surface area contributed by atoms with Gasteiger partial charge < -0.3 is 31.1 Å². The molecule has 1 aliphatic heterocycles. The molecular formula is C29H39ClN7OP. The topological polar surface area (TPSA) is 108 Å². The smallest absolute Gasteiger partial charge is 0.229 e. The van der Waals surface area contributed by atoms with Gasteiger partial charge in [-0.15, -0.1) is 0 Å². The first kappa shape index (κ1) is 27.8. The molecule has 2 fully saturated rings. The number of anilines is 6. The Morgan fingerprint density at radius 3 is 2.44 bits per heavy atom. The molecule has 1 saturated carbocycles. The van der Waals surface area contributed by atoms with E-state index in [1.54, 1.807) is 19.5 Å². The fraction of sp³-hybridized carbons (Fsp3) is 0.448. The fourth-order valence-corrected chi connectivity index (χ4v) is 7.28. The van der Waals surface area contributed by atoms with Gasteiger partial charge >= 0.3 is 0 Å². The molecule has 0 bridgehead atoms. The summed E-state index contributed by atoms with van der Waals surface area (Å²) in [6.45, 7) is 5.57. The van der Waals surface area contributed by atoms with Gasteiger partial charge in [-0.1, -0.05) is 23.7 Å². The van der Waals surface area contributed by atoms with E-state index in [0.29, 0.717) is 33.9 Å². The molecule has 0 atom stereocenters. The van der Waals surface area contributed by atoms with Crippen molar-refractivity contribution in [3.63, 3.8) is 0 Å². The second-order valence-electron chi connectivity index (χ2n) is 11.3. The molecule has 8 nitrogen and oxygen atoms in total. The number of aromatic nitrogens is 2. The van der Waals surface area contributed by atoms with Crippen molar-refractivity contribution in [1.82, 2.24) is 15.3 Å². The van der Waals surface area contributed by atoms with Crippen molar-refractivity contribution in [1.29, 1.82) is 0 Å². The van der Waals surface area contributed by atoms with Crippen LogP contribution >= 0.6 is 18.7 Å². The van der Waals surface area contributed by atoms with Gasteiger partial charge in [0.05, 0.1) is 23.3 Å². The van der Waals surface area contributed by atoms with Gasteiger partial charge in [0.1, 0.15) is 12.2 Å². The maximum absolute atomic E-state index is 12.8. The van der Waals surface area contributed by atoms with Crippen molar-refractivity contribution < 1.29 is 4.57 Å². The number of halogens is 1. The Hall–Kier alpha value is -2.80. The Labute approximate surface area is 236 Å². The minimum Gasteiger partial charge on any atom is -0.397 e. The van der Waals surface area contributed by atoms with E-state index in [9.17, 15) is 4.57 Å². The molecular weight excluding hydrogens is 529 g/mol. The van der Waals surface area contributed by atoms with Crippen LogP contribution in [-0.4, -0.2) is 49.5 Å². The molecule has 0 amide bonds. The molecule has 1 aromatic heterocycles. The Morgan fingerprint density at radius 1 is 1.05 bits per heavy atom. The van der Waals surface area contributed by atoms with Gasteiger partial charge in [0.25, 0.3) is 0 Å². The maximum atomic E-state index is 12.8. The molecule has 10 heteroatoms. The highest BCUT2D eigenvalue weighted by Gasteiger charge is 2.38. The Balaban J connectivity index is 1.26. The predicted molar refractivity (Wildman–Crippen MR) is 165 cm³/mol. The van der Waals surface area contributed by atoms with Gasteiger partial charge in [0, 0.05) is 30.1 Å². The van der Waals surface area contributed by atoms with Gasteiger partial charge in [-0.25, -0.2) is 4.98 Å². The van der Waals surface area contributed by atoms with Gasteiger partial charge in [0.2, 0.25) is 5.95 Å². The highest BCUT2D eigenvalue weighted by molar-refractivity contribution is 7.70. The van der Waals surface area contributed by atoms with Crippen LogP contribution in [0.1, 0.15) is 38.5 Å². The first-order chi connectivity index (χ1) is 18.7. The average molecular weight is 568 g/mol. The van der Waals surface area contributed by atoms with Crippen LogP contribution in [0, 0.1) is 5.41 Å². The van der Waals surface area contributed by atoms with Crippen LogP contribution in [0.4, 0.5) is 34.5 Å². The summed E-state index contributed by atoms with van der Waals surface area (Å²) in [5.74, 6) is 0.824. The summed E-state index contributed by atoms with van der Waals surface area (Å²) in [6.07, 6.45) is 9.22. The lowest BCUT2D eigenvalue weighted by molar-refractivity contribution is 0.127. The fourth-order valence-electron chi connectivity index (χ4n) is 5.98. The molecule has 208 valence electrons. The molecule has 5 rings (SSSR count). The number of hydrogen-bond donors (Lipinski definition) is 4. The van der Waals surface area contributed by atoms with Crippen molar-refractivity contribution in [2.75, 3.05) is 54.7 Å². The Bertz CT molecular complexity index is 1360.